The van der Waals surface area contributed by atoms with E-state index >= 15 is 0 Å². The molecule has 146 valence electrons. The van der Waals surface area contributed by atoms with Crippen molar-refractivity contribution in [1.82, 2.24) is 15.4 Å². The van der Waals surface area contributed by atoms with Gasteiger partial charge in [0.15, 0.2) is 0 Å². The van der Waals surface area contributed by atoms with E-state index in [1.807, 2.05) is 17.4 Å². The van der Waals surface area contributed by atoms with E-state index in [9.17, 15) is 0 Å². The molecule has 4 aromatic carbocycles. The second kappa shape index (κ2) is 7.42. The van der Waals surface area contributed by atoms with E-state index in [-0.39, 0.29) is 0 Å². The van der Waals surface area contributed by atoms with Gasteiger partial charge in [0.05, 0.1) is 11.9 Å². The lowest BCUT2D eigenvalue weighted by Gasteiger charge is -2.16. The molecule has 0 saturated carbocycles. The minimum atomic E-state index is 0.821. The van der Waals surface area contributed by atoms with Crippen molar-refractivity contribution in [3.8, 4) is 33.5 Å². The van der Waals surface area contributed by atoms with Gasteiger partial charge in [0.25, 0.3) is 0 Å². The molecule has 0 bridgehead atoms. The zero-order valence-electron chi connectivity index (χ0n) is 16.6. The fourth-order valence-corrected chi connectivity index (χ4v) is 5.38. The predicted octanol–water partition coefficient (Wildman–Crippen LogP) is 7.24. The molecule has 0 aliphatic heterocycles. The summed E-state index contributed by atoms with van der Waals surface area (Å²) in [5, 5.41) is 14.6. The van der Waals surface area contributed by atoms with Crippen LogP contribution in [0, 0.1) is 0 Å². The molecule has 0 radical (unpaired) electrons. The Morgan fingerprint density at radius 1 is 0.581 bits per heavy atom. The van der Waals surface area contributed by atoms with Crippen molar-refractivity contribution in [2.24, 2.45) is 0 Å². The van der Waals surface area contributed by atoms with Crippen LogP contribution in [-0.2, 0) is 0 Å². The number of thiophene rings is 1. The number of aromatic nitrogens is 3. The van der Waals surface area contributed by atoms with Gasteiger partial charge in [-0.2, -0.15) is 0 Å². The highest BCUT2D eigenvalue weighted by Crippen LogP contribution is 2.46. The third kappa shape index (κ3) is 3.00. The van der Waals surface area contributed by atoms with Crippen LogP contribution >= 0.6 is 11.3 Å². The standard InChI is InChI=1S/C27H17N3S/c1-2-8-18(9-3-1)19-14-15-25-27(22-12-6-7-13-24(22)31-25)26(19)21-11-5-4-10-20(21)23-16-17-28-30-29-23/h1-17H. The average molecular weight is 416 g/mol. The monoisotopic (exact) mass is 415 g/mol. The van der Waals surface area contributed by atoms with Crippen LogP contribution in [0.2, 0.25) is 0 Å². The van der Waals surface area contributed by atoms with Gasteiger partial charge < -0.3 is 0 Å². The molecule has 0 spiro atoms. The van der Waals surface area contributed by atoms with E-state index in [2.05, 4.69) is 106 Å². The van der Waals surface area contributed by atoms with Crippen LogP contribution in [0.1, 0.15) is 0 Å². The lowest BCUT2D eigenvalue weighted by molar-refractivity contribution is 0.871. The van der Waals surface area contributed by atoms with E-state index < -0.39 is 0 Å². The molecule has 2 aromatic heterocycles. The Morgan fingerprint density at radius 3 is 2.19 bits per heavy atom. The van der Waals surface area contributed by atoms with Crippen LogP contribution in [0.25, 0.3) is 53.7 Å². The van der Waals surface area contributed by atoms with Crippen molar-refractivity contribution in [2.75, 3.05) is 0 Å². The summed E-state index contributed by atoms with van der Waals surface area (Å²) >= 11 is 1.84. The number of benzene rings is 4. The Kier molecular flexibility index (Phi) is 4.29. The minimum Gasteiger partial charge on any atom is -0.139 e. The van der Waals surface area contributed by atoms with E-state index in [1.54, 1.807) is 6.20 Å². The first-order valence-corrected chi connectivity index (χ1v) is 11.0. The Hall–Kier alpha value is -3.89. The smallest absolute Gasteiger partial charge is 0.0969 e. The number of fused-ring (bicyclic) bond motifs is 3. The largest absolute Gasteiger partial charge is 0.139 e. The van der Waals surface area contributed by atoms with Crippen molar-refractivity contribution in [1.29, 1.82) is 0 Å². The minimum absolute atomic E-state index is 0.821. The lowest BCUT2D eigenvalue weighted by atomic mass is 9.88. The maximum absolute atomic E-state index is 4.31. The molecule has 31 heavy (non-hydrogen) atoms. The fourth-order valence-electron chi connectivity index (χ4n) is 4.26. The average Bonchev–Trinajstić information content (AvgIpc) is 3.23. The van der Waals surface area contributed by atoms with Gasteiger partial charge in [-0.1, -0.05) is 78.9 Å². The topological polar surface area (TPSA) is 38.7 Å². The molecule has 3 nitrogen and oxygen atoms in total. The summed E-state index contributed by atoms with van der Waals surface area (Å²) in [4.78, 5) is 0. The Morgan fingerprint density at radius 2 is 1.35 bits per heavy atom. The molecular formula is C27H17N3S. The number of hydrogen-bond donors (Lipinski definition) is 0. The van der Waals surface area contributed by atoms with Crippen molar-refractivity contribution in [3.63, 3.8) is 0 Å². The molecule has 0 aliphatic rings. The highest BCUT2D eigenvalue weighted by atomic mass is 32.1. The first-order valence-electron chi connectivity index (χ1n) is 10.1. The molecule has 0 fully saturated rings. The molecule has 0 atom stereocenters. The summed E-state index contributed by atoms with van der Waals surface area (Å²) in [7, 11) is 0. The molecule has 0 unspecified atom stereocenters. The van der Waals surface area contributed by atoms with E-state index in [0.717, 1.165) is 16.8 Å². The van der Waals surface area contributed by atoms with Gasteiger partial charge >= 0.3 is 0 Å². The van der Waals surface area contributed by atoms with Crippen LogP contribution in [-0.4, -0.2) is 15.4 Å². The molecule has 0 saturated heterocycles. The second-order valence-corrected chi connectivity index (χ2v) is 8.46. The summed E-state index contributed by atoms with van der Waals surface area (Å²) in [5.41, 5.74) is 6.67. The van der Waals surface area contributed by atoms with Crippen LogP contribution < -0.4 is 0 Å². The highest BCUT2D eigenvalue weighted by molar-refractivity contribution is 7.26. The molecule has 6 aromatic rings. The quantitative estimate of drug-likeness (QED) is 0.306. The first kappa shape index (κ1) is 17.9. The van der Waals surface area contributed by atoms with Crippen LogP contribution in [0.15, 0.2) is 103 Å². The Bertz CT molecular complexity index is 1520. The third-order valence-electron chi connectivity index (χ3n) is 5.60. The van der Waals surface area contributed by atoms with Gasteiger partial charge in [0.1, 0.15) is 0 Å². The summed E-state index contributed by atoms with van der Waals surface area (Å²) in [6, 6.07) is 34.1. The van der Waals surface area contributed by atoms with Crippen molar-refractivity contribution in [3.05, 3.63) is 103 Å². The third-order valence-corrected chi connectivity index (χ3v) is 6.74. The molecule has 4 heteroatoms. The zero-order valence-corrected chi connectivity index (χ0v) is 17.4. The summed E-state index contributed by atoms with van der Waals surface area (Å²) in [6.45, 7) is 0. The maximum atomic E-state index is 4.31. The van der Waals surface area contributed by atoms with Gasteiger partial charge in [0.2, 0.25) is 0 Å². The molecular weight excluding hydrogens is 398 g/mol. The number of nitrogens with zero attached hydrogens (tertiary/aromatic N) is 3. The first-order chi connectivity index (χ1) is 15.4. The van der Waals surface area contributed by atoms with E-state index in [4.69, 9.17) is 0 Å². The Balaban J connectivity index is 1.78. The summed E-state index contributed by atoms with van der Waals surface area (Å²) < 4.78 is 2.58. The maximum Gasteiger partial charge on any atom is 0.0969 e. The normalized spacial score (nSPS) is 11.2. The lowest BCUT2D eigenvalue weighted by Crippen LogP contribution is -1.93. The van der Waals surface area contributed by atoms with Crippen molar-refractivity contribution in [2.45, 2.75) is 0 Å². The zero-order chi connectivity index (χ0) is 20.6. The van der Waals surface area contributed by atoms with Gasteiger partial charge in [-0.15, -0.1) is 21.5 Å². The molecule has 0 amide bonds. The second-order valence-electron chi connectivity index (χ2n) is 7.38. The molecule has 6 rings (SSSR count). The number of rotatable bonds is 3. The SMILES string of the molecule is c1ccc(-c2ccc3sc4ccccc4c3c2-c2ccccc2-c2ccnnn2)cc1. The highest BCUT2D eigenvalue weighted by Gasteiger charge is 2.19. The van der Waals surface area contributed by atoms with Gasteiger partial charge in [-0.25, -0.2) is 0 Å². The van der Waals surface area contributed by atoms with Gasteiger partial charge in [0, 0.05) is 25.7 Å². The van der Waals surface area contributed by atoms with Crippen molar-refractivity contribution >= 4 is 31.5 Å². The van der Waals surface area contributed by atoms with E-state index in [1.165, 1.54) is 36.9 Å². The van der Waals surface area contributed by atoms with Crippen LogP contribution in [0.5, 0.6) is 0 Å². The fraction of sp³-hybridized carbons (Fsp3) is 0. The Labute approximate surface area is 183 Å². The van der Waals surface area contributed by atoms with Crippen molar-refractivity contribution < 1.29 is 0 Å². The number of hydrogen-bond acceptors (Lipinski definition) is 4. The summed E-state index contributed by atoms with van der Waals surface area (Å²) in [5.74, 6) is 0. The van der Waals surface area contributed by atoms with Crippen LogP contribution in [0.4, 0.5) is 0 Å². The van der Waals surface area contributed by atoms with Crippen LogP contribution in [0.3, 0.4) is 0 Å². The molecule has 2 heterocycles. The molecule has 0 aliphatic carbocycles. The van der Waals surface area contributed by atoms with Gasteiger partial charge in [-0.05, 0) is 45.7 Å². The summed E-state index contributed by atoms with van der Waals surface area (Å²) in [6.07, 6.45) is 1.69. The van der Waals surface area contributed by atoms with E-state index in [0.29, 0.717) is 0 Å². The predicted molar refractivity (Wildman–Crippen MR) is 129 cm³/mol. The molecule has 0 N–H and O–H groups in total. The van der Waals surface area contributed by atoms with Gasteiger partial charge in [-0.3, -0.25) is 0 Å².